The van der Waals surface area contributed by atoms with Gasteiger partial charge in [-0.05, 0) is 53.6 Å². The predicted molar refractivity (Wildman–Crippen MR) is 190 cm³/mol. The van der Waals surface area contributed by atoms with Crippen molar-refractivity contribution in [1.29, 1.82) is 0 Å². The molecule has 13 heteroatoms. The van der Waals surface area contributed by atoms with Crippen molar-refractivity contribution >= 4 is 29.1 Å². The molecule has 0 saturated carbocycles. The molecule has 0 aliphatic rings. The van der Waals surface area contributed by atoms with Crippen LogP contribution in [0.15, 0.2) is 139 Å². The Morgan fingerprint density at radius 3 is 2.34 bits per heavy atom. The van der Waals surface area contributed by atoms with Crippen molar-refractivity contribution in [2.24, 2.45) is 0 Å². The summed E-state index contributed by atoms with van der Waals surface area (Å²) in [6.07, 6.45) is 8.30. The highest BCUT2D eigenvalue weighted by atomic mass is 35.5. The normalized spacial score (nSPS) is 12.4. The lowest BCUT2D eigenvalue weighted by Gasteiger charge is -2.30. The van der Waals surface area contributed by atoms with E-state index in [4.69, 9.17) is 28.2 Å². The van der Waals surface area contributed by atoms with E-state index in [0.717, 1.165) is 16.8 Å². The smallest absolute Gasteiger partial charge is 0.255 e. The number of hydrogen-bond acceptors (Lipinski definition) is 7. The Bertz CT molecular complexity index is 2320. The molecule has 3 aromatic heterocycles. The Kier molecular flexibility index (Phi) is 9.24. The van der Waals surface area contributed by atoms with Gasteiger partial charge in [-0.2, -0.15) is 0 Å². The molecule has 2 atom stereocenters. The molecular weight excluding hydrogens is 675 g/mol. The summed E-state index contributed by atoms with van der Waals surface area (Å²) in [7, 11) is 0. The van der Waals surface area contributed by atoms with E-state index >= 15 is 0 Å². The summed E-state index contributed by atoms with van der Waals surface area (Å²) >= 11 is 12.4. The lowest BCUT2D eigenvalue weighted by molar-refractivity contribution is 0.0943. The molecule has 1 amide bonds. The van der Waals surface area contributed by atoms with E-state index in [-0.39, 0.29) is 28.6 Å². The second kappa shape index (κ2) is 14.2. The molecule has 0 aliphatic carbocycles. The molecule has 0 aliphatic heterocycles. The van der Waals surface area contributed by atoms with Gasteiger partial charge in [-0.1, -0.05) is 83.0 Å². The van der Waals surface area contributed by atoms with Crippen LogP contribution in [0.25, 0.3) is 22.6 Å². The van der Waals surface area contributed by atoms with Gasteiger partial charge < -0.3 is 15.0 Å². The maximum Gasteiger partial charge on any atom is 0.255 e. The number of phenolic OH excluding ortho intramolecular Hbond substituents is 1. The number of carbonyl (C=O) groups is 1. The number of amides is 1. The summed E-state index contributed by atoms with van der Waals surface area (Å²) < 4.78 is 4.90. The number of phenols is 1. The molecule has 7 rings (SSSR count). The molecule has 0 spiro atoms. The number of carbonyl (C=O) groups excluding carboxylic acids is 1. The Hall–Kier alpha value is -6.04. The van der Waals surface area contributed by atoms with Crippen molar-refractivity contribution in [2.75, 3.05) is 6.54 Å². The van der Waals surface area contributed by atoms with E-state index in [9.17, 15) is 14.7 Å². The van der Waals surface area contributed by atoms with Gasteiger partial charge in [0.2, 0.25) is 0 Å². The average molecular weight is 704 g/mol. The number of aromatic nitrogens is 7. The van der Waals surface area contributed by atoms with Gasteiger partial charge in [0.25, 0.3) is 11.5 Å². The first kappa shape index (κ1) is 32.5. The number of imidazole rings is 1. The minimum atomic E-state index is -0.659. The fraction of sp³-hybridized carbons (Fsp3) is 0.0811. The summed E-state index contributed by atoms with van der Waals surface area (Å²) in [5.41, 5.74) is 3.96. The highest BCUT2D eigenvalue weighted by Crippen LogP contribution is 2.36. The van der Waals surface area contributed by atoms with Crippen molar-refractivity contribution in [3.8, 4) is 28.4 Å². The van der Waals surface area contributed by atoms with Gasteiger partial charge >= 0.3 is 0 Å². The topological polar surface area (TPSA) is 133 Å². The molecule has 0 bridgehead atoms. The number of aromatic hydroxyl groups is 1. The van der Waals surface area contributed by atoms with Gasteiger partial charge in [-0.25, -0.2) is 14.6 Å². The van der Waals surface area contributed by atoms with E-state index in [1.165, 1.54) is 33.8 Å². The standard InChI is InChI=1S/C37H28Cl2N8O3/c38-26-12-15-31(47-21-34(39)43-44-47)29(18-26)30-19-35(49)46(23-42-30)32(20-41-37(50)28-8-4-5-9-33(28)48)36(24-6-2-1-3-7-24)25-10-13-27(14-11-25)45-17-16-40-22-45/h1-19,21-23,32,36,48H,20H2,(H,41,50)/t32-,36+/m1/s1. The highest BCUT2D eigenvalue weighted by Gasteiger charge is 2.29. The second-order valence-corrected chi connectivity index (χ2v) is 12.2. The van der Waals surface area contributed by atoms with Crippen molar-refractivity contribution in [1.82, 2.24) is 39.4 Å². The number of nitrogens with zero attached hydrogens (tertiary/aromatic N) is 7. The fourth-order valence-corrected chi connectivity index (χ4v) is 6.28. The zero-order chi connectivity index (χ0) is 34.6. The summed E-state index contributed by atoms with van der Waals surface area (Å²) in [6.45, 7) is 0.0246. The Morgan fingerprint density at radius 1 is 0.880 bits per heavy atom. The maximum absolute atomic E-state index is 14.2. The van der Waals surface area contributed by atoms with Gasteiger partial charge in [0.15, 0.2) is 5.15 Å². The first-order valence-corrected chi connectivity index (χ1v) is 16.3. The van der Waals surface area contributed by atoms with Crippen LogP contribution in [0, 0.1) is 0 Å². The Labute approximate surface area is 296 Å². The number of hydrogen-bond donors (Lipinski definition) is 2. The number of nitrogens with one attached hydrogen (secondary N) is 1. The zero-order valence-corrected chi connectivity index (χ0v) is 27.7. The fourth-order valence-electron chi connectivity index (χ4n) is 5.98. The minimum absolute atomic E-state index is 0.0246. The van der Waals surface area contributed by atoms with Crippen molar-refractivity contribution in [3.05, 3.63) is 172 Å². The molecule has 2 N–H and O–H groups in total. The number of para-hydroxylation sites is 1. The molecular formula is C37H28Cl2N8O3. The lowest BCUT2D eigenvalue weighted by Crippen LogP contribution is -2.38. The van der Waals surface area contributed by atoms with Crippen molar-refractivity contribution in [3.63, 3.8) is 0 Å². The molecule has 7 aromatic rings. The SMILES string of the molecule is O=C(NC[C@H]([C@@H](c1ccccc1)c1ccc(-n2ccnc2)cc1)n1cnc(-c2cc(Cl)ccc2-n2cc(Cl)nn2)cc1=O)c1ccccc1O. The third-order valence-corrected chi connectivity index (χ3v) is 8.77. The van der Waals surface area contributed by atoms with Crippen LogP contribution in [-0.2, 0) is 0 Å². The minimum Gasteiger partial charge on any atom is -0.507 e. The third kappa shape index (κ3) is 6.77. The van der Waals surface area contributed by atoms with Crippen molar-refractivity contribution < 1.29 is 9.90 Å². The monoisotopic (exact) mass is 702 g/mol. The Morgan fingerprint density at radius 2 is 1.64 bits per heavy atom. The molecule has 248 valence electrons. The molecule has 4 aromatic carbocycles. The summed E-state index contributed by atoms with van der Waals surface area (Å²) in [4.78, 5) is 36.5. The quantitative estimate of drug-likeness (QED) is 0.166. The van der Waals surface area contributed by atoms with Crippen LogP contribution in [0.5, 0.6) is 5.75 Å². The van der Waals surface area contributed by atoms with Gasteiger partial charge in [-0.15, -0.1) is 5.10 Å². The summed E-state index contributed by atoms with van der Waals surface area (Å²) in [6, 6.07) is 29.9. The molecule has 0 saturated heterocycles. The summed E-state index contributed by atoms with van der Waals surface area (Å²) in [5.74, 6) is -1.05. The van der Waals surface area contributed by atoms with E-state index in [2.05, 4.69) is 20.6 Å². The highest BCUT2D eigenvalue weighted by molar-refractivity contribution is 6.31. The van der Waals surface area contributed by atoms with Crippen molar-refractivity contribution in [2.45, 2.75) is 12.0 Å². The number of halogens is 2. The van der Waals surface area contributed by atoms with E-state index in [1.807, 2.05) is 65.4 Å². The van der Waals surface area contributed by atoms with Crippen LogP contribution in [0.1, 0.15) is 33.4 Å². The maximum atomic E-state index is 14.2. The van der Waals surface area contributed by atoms with Crippen LogP contribution in [0.3, 0.4) is 0 Å². The molecule has 0 unspecified atom stereocenters. The van der Waals surface area contributed by atoms with Gasteiger partial charge in [0.1, 0.15) is 5.75 Å². The Balaban J connectivity index is 1.33. The molecule has 0 radical (unpaired) electrons. The number of rotatable bonds is 10. The first-order chi connectivity index (χ1) is 24.4. The van der Waals surface area contributed by atoms with Crippen LogP contribution in [0.4, 0.5) is 0 Å². The van der Waals surface area contributed by atoms with Gasteiger partial charge in [0.05, 0.1) is 41.8 Å². The first-order valence-electron chi connectivity index (χ1n) is 15.5. The van der Waals surface area contributed by atoms with E-state index in [1.54, 1.807) is 49.1 Å². The predicted octanol–water partition coefficient (Wildman–Crippen LogP) is 6.49. The van der Waals surface area contributed by atoms with Crippen LogP contribution >= 0.6 is 23.2 Å². The zero-order valence-electron chi connectivity index (χ0n) is 26.2. The van der Waals surface area contributed by atoms with Gasteiger partial charge in [0, 0.05) is 47.2 Å². The van der Waals surface area contributed by atoms with Crippen LogP contribution < -0.4 is 10.9 Å². The van der Waals surface area contributed by atoms with Crippen LogP contribution in [0.2, 0.25) is 10.2 Å². The molecule has 3 heterocycles. The van der Waals surface area contributed by atoms with E-state index in [0.29, 0.717) is 22.0 Å². The molecule has 11 nitrogen and oxygen atoms in total. The van der Waals surface area contributed by atoms with E-state index < -0.39 is 17.9 Å². The summed E-state index contributed by atoms with van der Waals surface area (Å²) in [5, 5.41) is 21.9. The third-order valence-electron chi connectivity index (χ3n) is 8.36. The lowest BCUT2D eigenvalue weighted by atomic mass is 9.84. The second-order valence-electron chi connectivity index (χ2n) is 11.4. The number of benzene rings is 4. The van der Waals surface area contributed by atoms with Gasteiger partial charge in [-0.3, -0.25) is 14.2 Å². The molecule has 50 heavy (non-hydrogen) atoms. The largest absolute Gasteiger partial charge is 0.507 e. The van der Waals surface area contributed by atoms with Crippen LogP contribution in [-0.4, -0.2) is 51.7 Å². The average Bonchev–Trinajstić information content (AvgIpc) is 3.83. The molecule has 0 fully saturated rings.